The molecule has 0 saturated carbocycles. The molecule has 130 valence electrons. The van der Waals surface area contributed by atoms with Gasteiger partial charge in [0.25, 0.3) is 0 Å². The van der Waals surface area contributed by atoms with Gasteiger partial charge in [-0.05, 0) is 60.2 Å². The third kappa shape index (κ3) is 3.07. The smallest absolute Gasteiger partial charge is 0.411 e. The molecule has 2 fully saturated rings. The molecular weight excluding hydrogens is 383 g/mol. The predicted octanol–water partition coefficient (Wildman–Crippen LogP) is 4.20. The van der Waals surface area contributed by atoms with Gasteiger partial charge in [0.15, 0.2) is 0 Å². The number of benzene rings is 1. The first-order chi connectivity index (χ1) is 11.4. The summed E-state index contributed by atoms with van der Waals surface area (Å²) >= 11 is 3.06. The fourth-order valence-electron chi connectivity index (χ4n) is 3.78. The van der Waals surface area contributed by atoms with Crippen molar-refractivity contribution in [1.82, 2.24) is 4.90 Å². The zero-order valence-electron chi connectivity index (χ0n) is 12.9. The Balaban J connectivity index is 1.65. The lowest BCUT2D eigenvalue weighted by Crippen LogP contribution is -2.55. The minimum Gasteiger partial charge on any atom is -0.465 e. The molecule has 0 aliphatic carbocycles. The van der Waals surface area contributed by atoms with Gasteiger partial charge < -0.3 is 9.84 Å². The summed E-state index contributed by atoms with van der Waals surface area (Å²) in [6, 6.07) is 4.30. The van der Waals surface area contributed by atoms with Crippen LogP contribution in [0.4, 0.5) is 19.7 Å². The first-order valence-electron chi connectivity index (χ1n) is 7.83. The molecule has 2 N–H and O–H groups in total. The lowest BCUT2D eigenvalue weighted by molar-refractivity contribution is 0.0110. The lowest BCUT2D eigenvalue weighted by atomic mass is 9.89. The third-order valence-corrected chi connectivity index (χ3v) is 5.67. The SMILES string of the molecule is O=C(Nc1cccc(F)c1Br)OCC12CCCC(CC1)N2C(=O)O. The van der Waals surface area contributed by atoms with Gasteiger partial charge in [0.05, 0.1) is 15.7 Å². The van der Waals surface area contributed by atoms with Gasteiger partial charge in [-0.1, -0.05) is 6.07 Å². The Labute approximate surface area is 147 Å². The molecule has 1 aromatic rings. The van der Waals surface area contributed by atoms with E-state index in [1.165, 1.54) is 17.0 Å². The molecule has 2 bridgehead atoms. The van der Waals surface area contributed by atoms with Crippen molar-refractivity contribution in [1.29, 1.82) is 0 Å². The summed E-state index contributed by atoms with van der Waals surface area (Å²) in [6.07, 6.45) is 2.27. The van der Waals surface area contributed by atoms with Gasteiger partial charge in [-0.25, -0.2) is 14.0 Å². The van der Waals surface area contributed by atoms with Crippen molar-refractivity contribution < 1.29 is 23.8 Å². The average Bonchev–Trinajstić information content (AvgIpc) is 2.77. The summed E-state index contributed by atoms with van der Waals surface area (Å²) in [5, 5.41) is 11.9. The second kappa shape index (κ2) is 6.58. The number of fused-ring (bicyclic) bond motifs is 2. The van der Waals surface area contributed by atoms with E-state index in [0.29, 0.717) is 12.8 Å². The normalized spacial score (nSPS) is 25.4. The van der Waals surface area contributed by atoms with E-state index >= 15 is 0 Å². The van der Waals surface area contributed by atoms with Crippen LogP contribution in [0.5, 0.6) is 0 Å². The Hall–Kier alpha value is -1.83. The second-order valence-corrected chi connectivity index (χ2v) is 7.06. The molecular formula is C16H18BrFN2O4. The Morgan fingerprint density at radius 1 is 1.42 bits per heavy atom. The number of piperidine rings is 1. The van der Waals surface area contributed by atoms with Gasteiger partial charge >= 0.3 is 12.2 Å². The van der Waals surface area contributed by atoms with Gasteiger partial charge in [-0.2, -0.15) is 0 Å². The standard InChI is InChI=1S/C16H18BrFN2O4/c17-13-11(18)4-1-5-12(13)19-14(21)24-9-16-7-2-3-10(6-8-16)20(16)15(22)23/h1,4-5,10H,2-3,6-9H2,(H,19,21)(H,22,23). The zero-order chi connectivity index (χ0) is 17.3. The molecule has 2 aliphatic rings. The van der Waals surface area contributed by atoms with Crippen LogP contribution in [0.1, 0.15) is 32.1 Å². The summed E-state index contributed by atoms with van der Waals surface area (Å²) in [6.45, 7) is 0.00850. The summed E-state index contributed by atoms with van der Waals surface area (Å²) in [5.74, 6) is -0.491. The molecule has 2 unspecified atom stereocenters. The van der Waals surface area contributed by atoms with E-state index in [2.05, 4.69) is 21.2 Å². The van der Waals surface area contributed by atoms with Crippen molar-refractivity contribution in [3.63, 3.8) is 0 Å². The Kier molecular flexibility index (Phi) is 4.67. The number of carbonyl (C=O) groups excluding carboxylic acids is 1. The van der Waals surface area contributed by atoms with E-state index in [0.717, 1.165) is 19.3 Å². The monoisotopic (exact) mass is 400 g/mol. The van der Waals surface area contributed by atoms with Gasteiger partial charge in [-0.3, -0.25) is 10.2 Å². The number of hydrogen-bond acceptors (Lipinski definition) is 3. The average molecular weight is 401 g/mol. The van der Waals surface area contributed by atoms with Crippen molar-refractivity contribution in [2.24, 2.45) is 0 Å². The van der Waals surface area contributed by atoms with E-state index in [9.17, 15) is 19.1 Å². The quantitative estimate of drug-likeness (QED) is 0.796. The molecule has 2 aliphatic heterocycles. The molecule has 2 heterocycles. The van der Waals surface area contributed by atoms with E-state index in [1.807, 2.05) is 0 Å². The topological polar surface area (TPSA) is 78.9 Å². The number of halogens is 2. The highest BCUT2D eigenvalue weighted by Gasteiger charge is 2.52. The minimum atomic E-state index is -0.964. The Bertz CT molecular complexity index is 667. The summed E-state index contributed by atoms with van der Waals surface area (Å²) < 4.78 is 18.9. The first kappa shape index (κ1) is 17.0. The predicted molar refractivity (Wildman–Crippen MR) is 88.5 cm³/mol. The molecule has 2 saturated heterocycles. The van der Waals surface area contributed by atoms with Crippen LogP contribution in [0, 0.1) is 5.82 Å². The summed E-state index contributed by atoms with van der Waals surface area (Å²) in [7, 11) is 0. The minimum absolute atomic E-state index is 0.00850. The molecule has 0 aromatic heterocycles. The van der Waals surface area contributed by atoms with Crippen molar-refractivity contribution in [3.8, 4) is 0 Å². The van der Waals surface area contributed by atoms with E-state index in [-0.39, 0.29) is 22.8 Å². The molecule has 3 rings (SSSR count). The van der Waals surface area contributed by atoms with Crippen molar-refractivity contribution in [3.05, 3.63) is 28.5 Å². The van der Waals surface area contributed by atoms with Crippen LogP contribution in [0.15, 0.2) is 22.7 Å². The van der Waals surface area contributed by atoms with Crippen molar-refractivity contribution in [2.75, 3.05) is 11.9 Å². The fraction of sp³-hybridized carbons (Fsp3) is 0.500. The number of carboxylic acid groups (broad SMARTS) is 1. The van der Waals surface area contributed by atoms with Crippen LogP contribution in [0.3, 0.4) is 0 Å². The van der Waals surface area contributed by atoms with Crippen molar-refractivity contribution >= 4 is 33.8 Å². The van der Waals surface area contributed by atoms with Gasteiger partial charge in [-0.15, -0.1) is 0 Å². The molecule has 24 heavy (non-hydrogen) atoms. The molecule has 0 radical (unpaired) electrons. The molecule has 2 atom stereocenters. The number of nitrogens with zero attached hydrogens (tertiary/aromatic N) is 1. The highest BCUT2D eigenvalue weighted by atomic mass is 79.9. The van der Waals surface area contributed by atoms with Gasteiger partial charge in [0.2, 0.25) is 0 Å². The third-order valence-electron chi connectivity index (χ3n) is 4.86. The molecule has 1 aromatic carbocycles. The van der Waals surface area contributed by atoms with Crippen molar-refractivity contribution in [2.45, 2.75) is 43.7 Å². The highest BCUT2D eigenvalue weighted by molar-refractivity contribution is 9.10. The van der Waals surface area contributed by atoms with Crippen LogP contribution in [-0.4, -0.2) is 40.4 Å². The van der Waals surface area contributed by atoms with Crippen LogP contribution in [-0.2, 0) is 4.74 Å². The number of rotatable bonds is 3. The first-order valence-corrected chi connectivity index (χ1v) is 8.62. The molecule has 8 heteroatoms. The van der Waals surface area contributed by atoms with E-state index in [1.54, 1.807) is 6.07 Å². The maximum absolute atomic E-state index is 13.5. The number of anilines is 1. The molecule has 0 spiro atoms. The highest BCUT2D eigenvalue weighted by Crippen LogP contribution is 2.44. The number of hydrogen-bond donors (Lipinski definition) is 2. The lowest BCUT2D eigenvalue weighted by Gasteiger charge is -2.42. The Morgan fingerprint density at radius 2 is 2.21 bits per heavy atom. The van der Waals surface area contributed by atoms with Crippen LogP contribution < -0.4 is 5.32 Å². The van der Waals surface area contributed by atoms with Crippen LogP contribution in [0.2, 0.25) is 0 Å². The molecule has 2 amide bonds. The Morgan fingerprint density at radius 3 is 2.96 bits per heavy atom. The summed E-state index contributed by atoms with van der Waals surface area (Å²) in [4.78, 5) is 25.0. The maximum Gasteiger partial charge on any atom is 0.411 e. The number of amides is 2. The molecule has 6 nitrogen and oxygen atoms in total. The zero-order valence-corrected chi connectivity index (χ0v) is 14.5. The van der Waals surface area contributed by atoms with Gasteiger partial charge in [0, 0.05) is 6.04 Å². The maximum atomic E-state index is 13.5. The van der Waals surface area contributed by atoms with E-state index < -0.39 is 23.5 Å². The fourth-order valence-corrected chi connectivity index (χ4v) is 4.14. The second-order valence-electron chi connectivity index (χ2n) is 6.26. The van der Waals surface area contributed by atoms with E-state index in [4.69, 9.17) is 4.74 Å². The summed E-state index contributed by atoms with van der Waals surface area (Å²) in [5.41, 5.74) is -0.369. The van der Waals surface area contributed by atoms with Gasteiger partial charge in [0.1, 0.15) is 12.4 Å². The van der Waals surface area contributed by atoms with Crippen LogP contribution in [0.25, 0.3) is 0 Å². The number of ether oxygens (including phenoxy) is 1. The largest absolute Gasteiger partial charge is 0.465 e. The number of nitrogens with one attached hydrogen (secondary N) is 1. The van der Waals surface area contributed by atoms with Crippen LogP contribution >= 0.6 is 15.9 Å². The number of carbonyl (C=O) groups is 2.